The molecule has 1 aromatic rings. The maximum atomic E-state index is 13.9. The van der Waals surface area contributed by atoms with Crippen LogP contribution in [0.1, 0.15) is 25.3 Å². The standard InChI is InChI=1S/C11H16BFO3/c1-3-4-5-8-6-7-9(12(14)15)11(16-2)10(8)13/h6-7,14-15H,3-5H2,1-2H3. The van der Waals surface area contributed by atoms with E-state index in [1.807, 2.05) is 6.92 Å². The molecule has 0 spiro atoms. The second-order valence-corrected chi connectivity index (χ2v) is 3.64. The molecule has 3 nitrogen and oxygen atoms in total. The number of hydrogen-bond acceptors (Lipinski definition) is 3. The van der Waals surface area contributed by atoms with Gasteiger partial charge in [-0.05, 0) is 18.4 Å². The number of benzene rings is 1. The third kappa shape index (κ3) is 2.74. The van der Waals surface area contributed by atoms with E-state index in [9.17, 15) is 4.39 Å². The van der Waals surface area contributed by atoms with Crippen molar-refractivity contribution in [3.8, 4) is 5.75 Å². The van der Waals surface area contributed by atoms with Crippen LogP contribution in [0.3, 0.4) is 0 Å². The lowest BCUT2D eigenvalue weighted by Gasteiger charge is -2.12. The molecule has 0 saturated carbocycles. The van der Waals surface area contributed by atoms with E-state index in [4.69, 9.17) is 14.8 Å². The molecule has 2 N–H and O–H groups in total. The van der Waals surface area contributed by atoms with E-state index in [2.05, 4.69) is 0 Å². The first-order valence-electron chi connectivity index (χ1n) is 5.33. The predicted octanol–water partition coefficient (Wildman–Crippen LogP) is 0.857. The van der Waals surface area contributed by atoms with E-state index in [0.717, 1.165) is 12.8 Å². The Bertz CT molecular complexity index is 355. The summed E-state index contributed by atoms with van der Waals surface area (Å²) in [6, 6.07) is 3.06. The molecule has 1 rings (SSSR count). The van der Waals surface area contributed by atoms with Crippen LogP contribution in [0.25, 0.3) is 0 Å². The van der Waals surface area contributed by atoms with E-state index >= 15 is 0 Å². The fraction of sp³-hybridized carbons (Fsp3) is 0.455. The molecule has 5 heteroatoms. The minimum Gasteiger partial charge on any atom is -0.494 e. The van der Waals surface area contributed by atoms with Crippen molar-refractivity contribution in [1.29, 1.82) is 0 Å². The van der Waals surface area contributed by atoms with Crippen LogP contribution in [0.15, 0.2) is 12.1 Å². The Morgan fingerprint density at radius 1 is 1.38 bits per heavy atom. The lowest BCUT2D eigenvalue weighted by molar-refractivity contribution is 0.379. The van der Waals surface area contributed by atoms with Crippen molar-refractivity contribution in [2.75, 3.05) is 7.11 Å². The molecule has 0 radical (unpaired) electrons. The van der Waals surface area contributed by atoms with Crippen LogP contribution in [-0.4, -0.2) is 24.3 Å². The number of ether oxygens (including phenoxy) is 1. The summed E-state index contributed by atoms with van der Waals surface area (Å²) in [6.07, 6.45) is 2.49. The zero-order chi connectivity index (χ0) is 12.1. The zero-order valence-corrected chi connectivity index (χ0v) is 9.53. The molecule has 0 aliphatic carbocycles. The Balaban J connectivity index is 3.08. The van der Waals surface area contributed by atoms with E-state index in [-0.39, 0.29) is 11.2 Å². The highest BCUT2D eigenvalue weighted by molar-refractivity contribution is 6.59. The zero-order valence-electron chi connectivity index (χ0n) is 9.53. The molecule has 0 saturated heterocycles. The minimum absolute atomic E-state index is 0.0558. The van der Waals surface area contributed by atoms with Gasteiger partial charge in [-0.1, -0.05) is 25.5 Å². The molecule has 0 fully saturated rings. The SMILES string of the molecule is CCCCc1ccc(B(O)O)c(OC)c1F. The summed E-state index contributed by atoms with van der Waals surface area (Å²) in [6.45, 7) is 2.03. The maximum Gasteiger partial charge on any atom is 0.492 e. The largest absolute Gasteiger partial charge is 0.494 e. The Kier molecular flexibility index (Phi) is 4.77. The summed E-state index contributed by atoms with van der Waals surface area (Å²) < 4.78 is 18.7. The monoisotopic (exact) mass is 226 g/mol. The van der Waals surface area contributed by atoms with Crippen LogP contribution >= 0.6 is 0 Å². The predicted molar refractivity (Wildman–Crippen MR) is 61.4 cm³/mol. The molecule has 0 unspecified atom stereocenters. The van der Waals surface area contributed by atoms with Crippen LogP contribution < -0.4 is 10.2 Å². The molecule has 0 bridgehead atoms. The highest BCUT2D eigenvalue weighted by atomic mass is 19.1. The topological polar surface area (TPSA) is 49.7 Å². The summed E-state index contributed by atoms with van der Waals surface area (Å²) >= 11 is 0. The molecule has 0 atom stereocenters. The Morgan fingerprint density at radius 3 is 2.56 bits per heavy atom. The fourth-order valence-corrected chi connectivity index (χ4v) is 1.58. The van der Waals surface area contributed by atoms with Crippen molar-refractivity contribution < 1.29 is 19.2 Å². The highest BCUT2D eigenvalue weighted by Gasteiger charge is 2.21. The van der Waals surface area contributed by atoms with Crippen molar-refractivity contribution in [3.63, 3.8) is 0 Å². The highest BCUT2D eigenvalue weighted by Crippen LogP contribution is 2.20. The molecule has 16 heavy (non-hydrogen) atoms. The minimum atomic E-state index is -1.72. The first kappa shape index (κ1) is 13.0. The van der Waals surface area contributed by atoms with Crippen molar-refractivity contribution >= 4 is 12.6 Å². The second kappa shape index (κ2) is 5.87. The van der Waals surface area contributed by atoms with Crippen LogP contribution in [0.2, 0.25) is 0 Å². The lowest BCUT2D eigenvalue weighted by Crippen LogP contribution is -2.32. The molecular formula is C11H16BFO3. The van der Waals surface area contributed by atoms with Gasteiger partial charge in [0.2, 0.25) is 0 Å². The van der Waals surface area contributed by atoms with Gasteiger partial charge in [-0.25, -0.2) is 4.39 Å². The van der Waals surface area contributed by atoms with E-state index in [1.54, 1.807) is 6.07 Å². The van der Waals surface area contributed by atoms with Gasteiger partial charge < -0.3 is 14.8 Å². The van der Waals surface area contributed by atoms with Gasteiger partial charge in [0.15, 0.2) is 11.6 Å². The van der Waals surface area contributed by atoms with Crippen LogP contribution in [0.5, 0.6) is 5.75 Å². The van der Waals surface area contributed by atoms with Gasteiger partial charge in [0, 0.05) is 5.46 Å². The first-order chi connectivity index (χ1) is 7.61. The molecule has 0 aliphatic heterocycles. The van der Waals surface area contributed by atoms with Gasteiger partial charge in [-0.15, -0.1) is 0 Å². The summed E-state index contributed by atoms with van der Waals surface area (Å²) in [5.41, 5.74) is 0.600. The number of unbranched alkanes of at least 4 members (excludes halogenated alkanes) is 1. The molecule has 1 aromatic carbocycles. The fourth-order valence-electron chi connectivity index (χ4n) is 1.58. The first-order valence-corrected chi connectivity index (χ1v) is 5.33. The molecule has 0 amide bonds. The van der Waals surface area contributed by atoms with Gasteiger partial charge in [-0.2, -0.15) is 0 Å². The summed E-state index contributed by atoms with van der Waals surface area (Å²) in [5, 5.41) is 18.1. The third-order valence-corrected chi connectivity index (χ3v) is 2.49. The smallest absolute Gasteiger partial charge is 0.492 e. The van der Waals surface area contributed by atoms with Gasteiger partial charge >= 0.3 is 7.12 Å². The van der Waals surface area contributed by atoms with Gasteiger partial charge in [0.05, 0.1) is 7.11 Å². The number of halogens is 1. The Morgan fingerprint density at radius 2 is 2.06 bits per heavy atom. The molecule has 0 heterocycles. The van der Waals surface area contributed by atoms with Crippen LogP contribution in [0, 0.1) is 5.82 Å². The Hall–Kier alpha value is -1.07. The van der Waals surface area contributed by atoms with E-state index in [1.165, 1.54) is 13.2 Å². The summed E-state index contributed by atoms with van der Waals surface area (Å²) in [4.78, 5) is 0. The van der Waals surface area contributed by atoms with Crippen LogP contribution in [0.4, 0.5) is 4.39 Å². The number of rotatable bonds is 5. The average Bonchev–Trinajstić information content (AvgIpc) is 2.26. The number of hydrogen-bond donors (Lipinski definition) is 2. The molecule has 0 aliphatic rings. The normalized spacial score (nSPS) is 10.3. The number of methoxy groups -OCH3 is 1. The molecule has 88 valence electrons. The quantitative estimate of drug-likeness (QED) is 0.732. The second-order valence-electron chi connectivity index (χ2n) is 3.64. The van der Waals surface area contributed by atoms with Crippen molar-refractivity contribution in [3.05, 3.63) is 23.5 Å². The lowest BCUT2D eigenvalue weighted by atomic mass is 9.78. The number of aryl methyl sites for hydroxylation is 1. The van der Waals surface area contributed by atoms with E-state index in [0.29, 0.717) is 12.0 Å². The van der Waals surface area contributed by atoms with Gasteiger partial charge in [0.25, 0.3) is 0 Å². The van der Waals surface area contributed by atoms with Gasteiger partial charge in [-0.3, -0.25) is 0 Å². The summed E-state index contributed by atoms with van der Waals surface area (Å²) in [5.74, 6) is -0.579. The van der Waals surface area contributed by atoms with Crippen LogP contribution in [-0.2, 0) is 6.42 Å². The van der Waals surface area contributed by atoms with E-state index < -0.39 is 12.9 Å². The third-order valence-electron chi connectivity index (χ3n) is 2.49. The summed E-state index contributed by atoms with van der Waals surface area (Å²) in [7, 11) is -0.405. The van der Waals surface area contributed by atoms with Crippen molar-refractivity contribution in [1.82, 2.24) is 0 Å². The van der Waals surface area contributed by atoms with Crippen molar-refractivity contribution in [2.45, 2.75) is 26.2 Å². The Labute approximate surface area is 95.0 Å². The molecular weight excluding hydrogens is 210 g/mol. The van der Waals surface area contributed by atoms with Gasteiger partial charge in [0.1, 0.15) is 0 Å². The van der Waals surface area contributed by atoms with Crippen molar-refractivity contribution in [2.24, 2.45) is 0 Å². The molecule has 0 aromatic heterocycles. The maximum absolute atomic E-state index is 13.9. The average molecular weight is 226 g/mol.